The second-order valence-corrected chi connectivity index (χ2v) is 8.19. The number of hydrogen-bond acceptors (Lipinski definition) is 5. The van der Waals surface area contributed by atoms with Gasteiger partial charge in [0.1, 0.15) is 5.04 Å². The van der Waals surface area contributed by atoms with Crippen LogP contribution in [0.2, 0.25) is 0 Å². The number of aliphatic imine (C=N–C) groups is 1. The molecule has 0 bridgehead atoms. The van der Waals surface area contributed by atoms with Crippen molar-refractivity contribution in [2.75, 3.05) is 12.4 Å². The molecule has 3 rings (SSSR count). The summed E-state index contributed by atoms with van der Waals surface area (Å²) < 4.78 is 0. The van der Waals surface area contributed by atoms with Crippen LogP contribution in [0.1, 0.15) is 27.0 Å². The molecular formula is C22H21N3OS2. The first-order valence-corrected chi connectivity index (χ1v) is 10.4. The van der Waals surface area contributed by atoms with Gasteiger partial charge < -0.3 is 5.32 Å². The van der Waals surface area contributed by atoms with Crippen LogP contribution in [0.25, 0.3) is 10.4 Å². The summed E-state index contributed by atoms with van der Waals surface area (Å²) in [6.45, 7) is 7.74. The molecule has 2 aromatic heterocycles. The molecule has 0 fully saturated rings. The third-order valence-electron chi connectivity index (χ3n) is 4.26. The lowest BCUT2D eigenvalue weighted by Gasteiger charge is -2.08. The maximum absolute atomic E-state index is 12.5. The Morgan fingerprint density at radius 2 is 2.04 bits per heavy atom. The summed E-state index contributed by atoms with van der Waals surface area (Å²) in [6, 6.07) is 12.0. The lowest BCUT2D eigenvalue weighted by Crippen LogP contribution is -2.12. The highest BCUT2D eigenvalue weighted by Gasteiger charge is 2.13. The van der Waals surface area contributed by atoms with Crippen molar-refractivity contribution in [2.24, 2.45) is 4.99 Å². The zero-order valence-electron chi connectivity index (χ0n) is 16.0. The first-order chi connectivity index (χ1) is 13.5. The maximum Gasteiger partial charge on any atom is 0.256 e. The number of carbonyl (C=O) groups excluding carboxylic acids is 1. The van der Waals surface area contributed by atoms with Crippen molar-refractivity contribution in [1.29, 1.82) is 0 Å². The molecule has 2 heterocycles. The van der Waals surface area contributed by atoms with E-state index in [0.717, 1.165) is 31.6 Å². The Morgan fingerprint density at radius 3 is 2.75 bits per heavy atom. The number of nitrogens with one attached hydrogen (secondary N) is 1. The lowest BCUT2D eigenvalue weighted by molar-refractivity contribution is 0.102. The van der Waals surface area contributed by atoms with E-state index in [1.165, 1.54) is 17.3 Å². The second-order valence-electron chi connectivity index (χ2n) is 6.15. The molecular weight excluding hydrogens is 386 g/mol. The third-order valence-corrected chi connectivity index (χ3v) is 6.10. The van der Waals surface area contributed by atoms with Crippen molar-refractivity contribution in [1.82, 2.24) is 4.98 Å². The minimum absolute atomic E-state index is 0.124. The highest BCUT2D eigenvalue weighted by atomic mass is 32.2. The minimum atomic E-state index is -0.124. The Labute approximate surface area is 173 Å². The van der Waals surface area contributed by atoms with Crippen LogP contribution in [0.4, 0.5) is 5.00 Å². The normalized spacial score (nSPS) is 11.3. The minimum Gasteiger partial charge on any atom is -0.314 e. The molecule has 0 aliphatic carbocycles. The fourth-order valence-electron chi connectivity index (χ4n) is 2.81. The van der Waals surface area contributed by atoms with Crippen molar-refractivity contribution in [3.8, 4) is 10.4 Å². The van der Waals surface area contributed by atoms with Crippen molar-refractivity contribution < 1.29 is 4.79 Å². The summed E-state index contributed by atoms with van der Waals surface area (Å²) in [7, 11) is 1.78. The van der Waals surface area contributed by atoms with Crippen molar-refractivity contribution in [3.63, 3.8) is 0 Å². The van der Waals surface area contributed by atoms with Gasteiger partial charge in [0.15, 0.2) is 0 Å². The van der Waals surface area contributed by atoms with Gasteiger partial charge in [-0.3, -0.25) is 14.8 Å². The monoisotopic (exact) mass is 407 g/mol. The van der Waals surface area contributed by atoms with Crippen LogP contribution < -0.4 is 5.32 Å². The van der Waals surface area contributed by atoms with Gasteiger partial charge in [0.25, 0.3) is 5.91 Å². The van der Waals surface area contributed by atoms with Gasteiger partial charge in [-0.25, -0.2) is 0 Å². The number of pyridine rings is 1. The summed E-state index contributed by atoms with van der Waals surface area (Å²) in [5.41, 5.74) is 4.85. The number of rotatable bonds is 5. The van der Waals surface area contributed by atoms with Crippen LogP contribution >= 0.6 is 23.1 Å². The van der Waals surface area contributed by atoms with Gasteiger partial charge in [-0.1, -0.05) is 30.5 Å². The SMILES string of the molecule is C=CS/C(=N\C)c1ccc(C)c(-c2ccc(NC(=O)c3ccncc3C)s2)c1. The third kappa shape index (κ3) is 4.40. The first kappa shape index (κ1) is 20.0. The molecule has 0 radical (unpaired) electrons. The highest BCUT2D eigenvalue weighted by molar-refractivity contribution is 8.16. The molecule has 142 valence electrons. The number of aryl methyl sites for hydroxylation is 2. The molecule has 0 saturated heterocycles. The topological polar surface area (TPSA) is 54.4 Å². The first-order valence-electron chi connectivity index (χ1n) is 8.71. The van der Waals surface area contributed by atoms with Gasteiger partial charge in [0, 0.05) is 35.4 Å². The summed E-state index contributed by atoms with van der Waals surface area (Å²) in [4.78, 5) is 22.0. The van der Waals surface area contributed by atoms with E-state index in [9.17, 15) is 4.79 Å². The second kappa shape index (κ2) is 8.99. The van der Waals surface area contributed by atoms with E-state index < -0.39 is 0 Å². The molecule has 1 aromatic carbocycles. The number of amides is 1. The van der Waals surface area contributed by atoms with Crippen LogP contribution in [-0.2, 0) is 0 Å². The highest BCUT2D eigenvalue weighted by Crippen LogP contribution is 2.35. The molecule has 6 heteroatoms. The predicted octanol–water partition coefficient (Wildman–Crippen LogP) is 5.93. The summed E-state index contributed by atoms with van der Waals surface area (Å²) >= 11 is 3.06. The predicted molar refractivity (Wildman–Crippen MR) is 122 cm³/mol. The standard InChI is InChI=1S/C22H21N3OS2/c1-5-27-22(23-4)16-7-6-14(2)18(12-16)19-8-9-20(28-19)25-21(26)17-10-11-24-13-15(17)3/h5-13H,1H2,2-4H3,(H,25,26)/b23-22-. The van der Waals surface area contributed by atoms with Crippen molar-refractivity contribution in [2.45, 2.75) is 13.8 Å². The Hall–Kier alpha value is -2.70. The van der Waals surface area contributed by atoms with E-state index in [2.05, 4.69) is 47.0 Å². The zero-order chi connectivity index (χ0) is 20.1. The molecule has 1 N–H and O–H groups in total. The molecule has 0 atom stereocenters. The average Bonchev–Trinajstić information content (AvgIpc) is 3.15. The van der Waals surface area contributed by atoms with Gasteiger partial charge in [-0.15, -0.1) is 11.3 Å². The van der Waals surface area contributed by atoms with Crippen LogP contribution in [0.15, 0.2) is 65.8 Å². The van der Waals surface area contributed by atoms with Crippen LogP contribution in [0, 0.1) is 13.8 Å². The molecule has 3 aromatic rings. The summed E-state index contributed by atoms with van der Waals surface area (Å²) in [5.74, 6) is -0.124. The molecule has 28 heavy (non-hydrogen) atoms. The number of anilines is 1. The van der Waals surface area contributed by atoms with Gasteiger partial charge in [-0.2, -0.15) is 0 Å². The molecule has 0 aliphatic rings. The van der Waals surface area contributed by atoms with Gasteiger partial charge in [0.2, 0.25) is 0 Å². The van der Waals surface area contributed by atoms with E-state index >= 15 is 0 Å². The lowest BCUT2D eigenvalue weighted by atomic mass is 10.0. The Morgan fingerprint density at radius 1 is 1.21 bits per heavy atom. The largest absolute Gasteiger partial charge is 0.314 e. The van der Waals surface area contributed by atoms with Crippen LogP contribution in [0.3, 0.4) is 0 Å². The Balaban J connectivity index is 1.87. The van der Waals surface area contributed by atoms with E-state index in [1.807, 2.05) is 19.1 Å². The number of nitrogens with zero attached hydrogens (tertiary/aromatic N) is 2. The van der Waals surface area contributed by atoms with Gasteiger partial charge in [0.05, 0.1) is 5.00 Å². The number of hydrogen-bond donors (Lipinski definition) is 1. The van der Waals surface area contributed by atoms with E-state index in [1.54, 1.807) is 42.3 Å². The number of thioether (sulfide) groups is 1. The quantitative estimate of drug-likeness (QED) is 0.421. The van der Waals surface area contributed by atoms with Crippen molar-refractivity contribution in [3.05, 3.63) is 83.0 Å². The van der Waals surface area contributed by atoms with E-state index in [0.29, 0.717) is 5.56 Å². The number of carbonyl (C=O) groups is 1. The molecule has 4 nitrogen and oxygen atoms in total. The molecule has 0 spiro atoms. The molecule has 1 amide bonds. The Kier molecular flexibility index (Phi) is 6.44. The van der Waals surface area contributed by atoms with Gasteiger partial charge >= 0.3 is 0 Å². The number of aromatic nitrogens is 1. The van der Waals surface area contributed by atoms with Crippen LogP contribution in [0.5, 0.6) is 0 Å². The fraction of sp³-hybridized carbons (Fsp3) is 0.136. The van der Waals surface area contributed by atoms with E-state index in [4.69, 9.17) is 0 Å². The van der Waals surface area contributed by atoms with Crippen molar-refractivity contribution >= 4 is 39.1 Å². The molecule has 0 unspecified atom stereocenters. The summed E-state index contributed by atoms with van der Waals surface area (Å²) in [6.07, 6.45) is 3.32. The van der Waals surface area contributed by atoms with Gasteiger partial charge in [-0.05, 0) is 60.2 Å². The van der Waals surface area contributed by atoms with Crippen LogP contribution in [-0.4, -0.2) is 23.0 Å². The number of benzene rings is 1. The number of thiophene rings is 1. The fourth-order valence-corrected chi connectivity index (χ4v) is 4.32. The summed E-state index contributed by atoms with van der Waals surface area (Å²) in [5, 5.41) is 6.50. The molecule has 0 aliphatic heterocycles. The Bertz CT molecular complexity index is 1050. The smallest absolute Gasteiger partial charge is 0.256 e. The van der Waals surface area contributed by atoms with E-state index in [-0.39, 0.29) is 5.91 Å². The average molecular weight is 408 g/mol. The molecule has 0 saturated carbocycles. The zero-order valence-corrected chi connectivity index (χ0v) is 17.7. The maximum atomic E-state index is 12.5.